The normalized spacial score (nSPS) is 12.2. The van der Waals surface area contributed by atoms with Crippen molar-refractivity contribution in [3.63, 3.8) is 0 Å². The van der Waals surface area contributed by atoms with Crippen LogP contribution < -0.4 is 4.31 Å². The van der Waals surface area contributed by atoms with Gasteiger partial charge in [-0.2, -0.15) is 0 Å². The third-order valence-corrected chi connectivity index (χ3v) is 3.67. The van der Waals surface area contributed by atoms with Gasteiger partial charge in [0.1, 0.15) is 0 Å². The van der Waals surface area contributed by atoms with Gasteiger partial charge in [-0.25, -0.2) is 0 Å². The standard InChI is InChI=1S/C12H9Cl2NO3S/c13-10-6-9(7-11(14)12(10)16)15(19(17)18)8-4-2-1-3-5-8/h1-7,16H,(H,17,18)/p-1. The van der Waals surface area contributed by atoms with Gasteiger partial charge < -0.3 is 9.66 Å². The third kappa shape index (κ3) is 3.01. The van der Waals surface area contributed by atoms with Crippen LogP contribution in [0.25, 0.3) is 0 Å². The molecule has 0 aliphatic carbocycles. The number of para-hydroxylation sites is 1. The van der Waals surface area contributed by atoms with Crippen molar-refractivity contribution >= 4 is 45.8 Å². The molecule has 100 valence electrons. The van der Waals surface area contributed by atoms with Crippen molar-refractivity contribution in [3.05, 3.63) is 52.5 Å². The Kier molecular flexibility index (Phi) is 4.31. The fraction of sp³-hybridized carbons (Fsp3) is 0. The summed E-state index contributed by atoms with van der Waals surface area (Å²) >= 11 is 9.04. The Morgan fingerprint density at radius 1 is 1.05 bits per heavy atom. The molecule has 0 amide bonds. The minimum absolute atomic E-state index is 0.0196. The van der Waals surface area contributed by atoms with Gasteiger partial charge in [0.2, 0.25) is 0 Å². The number of hydrogen-bond acceptors (Lipinski definition) is 3. The van der Waals surface area contributed by atoms with E-state index in [1.54, 1.807) is 30.3 Å². The van der Waals surface area contributed by atoms with Gasteiger partial charge in [-0.3, -0.25) is 8.51 Å². The summed E-state index contributed by atoms with van der Waals surface area (Å²) in [6.07, 6.45) is 0. The molecule has 0 aromatic heterocycles. The Morgan fingerprint density at radius 3 is 2.05 bits per heavy atom. The summed E-state index contributed by atoms with van der Waals surface area (Å²) in [5.74, 6) is -0.281. The molecule has 0 saturated heterocycles. The molecule has 2 rings (SSSR count). The molecule has 4 nitrogen and oxygen atoms in total. The largest absolute Gasteiger partial charge is 0.755 e. The van der Waals surface area contributed by atoms with E-state index in [2.05, 4.69) is 0 Å². The monoisotopic (exact) mass is 316 g/mol. The van der Waals surface area contributed by atoms with Crippen LogP contribution in [0, 0.1) is 0 Å². The molecule has 0 radical (unpaired) electrons. The van der Waals surface area contributed by atoms with Crippen LogP contribution in [-0.4, -0.2) is 13.9 Å². The predicted molar refractivity (Wildman–Crippen MR) is 75.6 cm³/mol. The summed E-state index contributed by atoms with van der Waals surface area (Å²) in [4.78, 5) is 0. The lowest BCUT2D eigenvalue weighted by molar-refractivity contribution is 0.476. The molecule has 1 N–H and O–H groups in total. The second-order valence-corrected chi connectivity index (χ2v) is 5.22. The molecule has 1 unspecified atom stereocenters. The van der Waals surface area contributed by atoms with Crippen LogP contribution in [0.15, 0.2) is 42.5 Å². The molecule has 0 aliphatic heterocycles. The van der Waals surface area contributed by atoms with Crippen molar-refractivity contribution in [3.8, 4) is 5.75 Å². The van der Waals surface area contributed by atoms with Crippen LogP contribution in [0.5, 0.6) is 5.75 Å². The molecule has 2 aromatic rings. The maximum Gasteiger partial charge on any atom is 0.152 e. The average Bonchev–Trinajstić information content (AvgIpc) is 2.37. The van der Waals surface area contributed by atoms with E-state index in [-0.39, 0.29) is 21.5 Å². The molecule has 7 heteroatoms. The molecule has 19 heavy (non-hydrogen) atoms. The topological polar surface area (TPSA) is 63.6 Å². The first-order valence-corrected chi connectivity index (χ1v) is 6.92. The summed E-state index contributed by atoms with van der Waals surface area (Å²) in [6, 6.07) is 11.1. The fourth-order valence-corrected chi connectivity index (χ4v) is 2.60. The summed E-state index contributed by atoms with van der Waals surface area (Å²) in [5, 5.41) is 9.45. The highest BCUT2D eigenvalue weighted by Gasteiger charge is 2.14. The summed E-state index contributed by atoms with van der Waals surface area (Å²) in [5.41, 5.74) is 0.681. The number of anilines is 2. The van der Waals surface area contributed by atoms with Crippen molar-refractivity contribution in [2.24, 2.45) is 0 Å². The number of hydrogen-bond donors (Lipinski definition) is 1. The Hall–Kier alpha value is -1.27. The molecule has 0 bridgehead atoms. The van der Waals surface area contributed by atoms with Crippen LogP contribution in [0.1, 0.15) is 0 Å². The third-order valence-electron chi connectivity index (χ3n) is 2.38. The summed E-state index contributed by atoms with van der Waals surface area (Å²) in [6.45, 7) is 0. The van der Waals surface area contributed by atoms with Crippen LogP contribution >= 0.6 is 23.2 Å². The minimum Gasteiger partial charge on any atom is -0.755 e. The van der Waals surface area contributed by atoms with Gasteiger partial charge in [0, 0.05) is 0 Å². The number of rotatable bonds is 3. The van der Waals surface area contributed by atoms with Gasteiger partial charge in [0.25, 0.3) is 0 Å². The van der Waals surface area contributed by atoms with Crippen LogP contribution in [0.2, 0.25) is 10.0 Å². The molecule has 0 heterocycles. The average molecular weight is 317 g/mol. The predicted octanol–water partition coefficient (Wildman–Crippen LogP) is 3.63. The zero-order valence-electron chi connectivity index (χ0n) is 9.42. The van der Waals surface area contributed by atoms with Crippen molar-refractivity contribution in [2.75, 3.05) is 4.31 Å². The van der Waals surface area contributed by atoms with E-state index in [1.807, 2.05) is 0 Å². The maximum absolute atomic E-state index is 11.4. The number of phenolic OH excluding ortho intramolecular Hbond substituents is 1. The first kappa shape index (κ1) is 14.1. The molecule has 0 aliphatic rings. The number of nitrogens with zero attached hydrogens (tertiary/aromatic N) is 1. The fourth-order valence-electron chi connectivity index (χ4n) is 1.55. The first-order valence-electron chi connectivity index (χ1n) is 5.13. The molecular formula is C12H8Cl2NO3S-. The number of benzene rings is 2. The van der Waals surface area contributed by atoms with E-state index in [0.29, 0.717) is 5.69 Å². The highest BCUT2D eigenvalue weighted by Crippen LogP contribution is 2.38. The second kappa shape index (κ2) is 5.79. The van der Waals surface area contributed by atoms with E-state index in [1.165, 1.54) is 12.1 Å². The van der Waals surface area contributed by atoms with Gasteiger partial charge >= 0.3 is 0 Å². The molecule has 0 saturated carbocycles. The Labute approximate surface area is 122 Å². The molecule has 0 fully saturated rings. The van der Waals surface area contributed by atoms with E-state index in [0.717, 1.165) is 4.31 Å². The van der Waals surface area contributed by atoms with Gasteiger partial charge in [0.15, 0.2) is 5.75 Å². The maximum atomic E-state index is 11.4. The number of halogens is 2. The zero-order chi connectivity index (χ0) is 14.0. The molecular weight excluding hydrogens is 309 g/mol. The van der Waals surface area contributed by atoms with Crippen LogP contribution in [0.4, 0.5) is 11.4 Å². The minimum atomic E-state index is -2.54. The van der Waals surface area contributed by atoms with E-state index >= 15 is 0 Å². The van der Waals surface area contributed by atoms with Gasteiger partial charge in [-0.1, -0.05) is 41.4 Å². The Bertz CT molecular complexity index is 599. The van der Waals surface area contributed by atoms with E-state index < -0.39 is 11.3 Å². The smallest absolute Gasteiger partial charge is 0.152 e. The number of aromatic hydroxyl groups is 1. The lowest BCUT2D eigenvalue weighted by Crippen LogP contribution is -2.19. The highest BCUT2D eigenvalue weighted by molar-refractivity contribution is 7.81. The van der Waals surface area contributed by atoms with Crippen molar-refractivity contribution < 1.29 is 13.9 Å². The Balaban J connectivity index is 2.55. The summed E-state index contributed by atoms with van der Waals surface area (Å²) < 4.78 is 23.8. The summed E-state index contributed by atoms with van der Waals surface area (Å²) in [7, 11) is 0. The van der Waals surface area contributed by atoms with Gasteiger partial charge in [-0.05, 0) is 24.3 Å². The molecule has 0 spiro atoms. The first-order chi connectivity index (χ1) is 9.00. The van der Waals surface area contributed by atoms with Crippen molar-refractivity contribution in [1.29, 1.82) is 0 Å². The molecule has 2 aromatic carbocycles. The van der Waals surface area contributed by atoms with Gasteiger partial charge in [0.05, 0.1) is 32.7 Å². The highest BCUT2D eigenvalue weighted by atomic mass is 35.5. The lowest BCUT2D eigenvalue weighted by Gasteiger charge is -2.26. The quantitative estimate of drug-likeness (QED) is 0.879. The Morgan fingerprint density at radius 2 is 1.58 bits per heavy atom. The van der Waals surface area contributed by atoms with E-state index in [9.17, 15) is 13.9 Å². The second-order valence-electron chi connectivity index (χ2n) is 3.61. The van der Waals surface area contributed by atoms with Crippen molar-refractivity contribution in [2.45, 2.75) is 0 Å². The van der Waals surface area contributed by atoms with Gasteiger partial charge in [-0.15, -0.1) is 0 Å². The number of phenols is 1. The van der Waals surface area contributed by atoms with Crippen LogP contribution in [-0.2, 0) is 11.3 Å². The SMILES string of the molecule is O=S([O-])N(c1ccccc1)c1cc(Cl)c(O)c(Cl)c1. The zero-order valence-corrected chi connectivity index (χ0v) is 11.7. The van der Waals surface area contributed by atoms with Crippen LogP contribution in [0.3, 0.4) is 0 Å². The van der Waals surface area contributed by atoms with E-state index in [4.69, 9.17) is 23.2 Å². The lowest BCUT2D eigenvalue weighted by atomic mass is 10.2. The van der Waals surface area contributed by atoms with Crippen molar-refractivity contribution in [1.82, 2.24) is 0 Å². The molecule has 1 atom stereocenters.